The molecule has 0 aromatic carbocycles. The molecule has 0 unspecified atom stereocenters. The van der Waals surface area contributed by atoms with E-state index in [2.05, 4.69) is 18.1 Å². The summed E-state index contributed by atoms with van der Waals surface area (Å²) in [5.74, 6) is 0. The van der Waals surface area contributed by atoms with Gasteiger partial charge in [0.1, 0.15) is 0 Å². The number of aromatic nitrogens is 2. The van der Waals surface area contributed by atoms with E-state index in [1.54, 1.807) is 19.2 Å². The number of nitrogens with one attached hydrogen (secondary N) is 1. The SMILES string of the molecule is C=Cc1[nH]c(=O)n(C)c1C=C.[HH]. The maximum absolute atomic E-state index is 11.0. The highest BCUT2D eigenvalue weighted by Crippen LogP contribution is 2.04. The van der Waals surface area contributed by atoms with Gasteiger partial charge in [-0.05, 0) is 12.2 Å². The van der Waals surface area contributed by atoms with Crippen LogP contribution >= 0.6 is 0 Å². The lowest BCUT2D eigenvalue weighted by Crippen LogP contribution is -2.13. The fourth-order valence-electron chi connectivity index (χ4n) is 0.956. The lowest BCUT2D eigenvalue weighted by atomic mass is 10.3. The number of imidazole rings is 1. The average Bonchev–Trinajstić information content (AvgIpc) is 2.28. The highest BCUT2D eigenvalue weighted by molar-refractivity contribution is 5.57. The zero-order valence-electron chi connectivity index (χ0n) is 6.42. The molecule has 0 aliphatic rings. The van der Waals surface area contributed by atoms with E-state index < -0.39 is 0 Å². The summed E-state index contributed by atoms with van der Waals surface area (Å²) in [7, 11) is 1.68. The Hall–Kier alpha value is -1.51. The van der Waals surface area contributed by atoms with Gasteiger partial charge in [-0.25, -0.2) is 4.79 Å². The molecular weight excluding hydrogens is 140 g/mol. The van der Waals surface area contributed by atoms with Crippen LogP contribution in [0.3, 0.4) is 0 Å². The van der Waals surface area contributed by atoms with Gasteiger partial charge in [0.2, 0.25) is 0 Å². The third-order valence-electron chi connectivity index (χ3n) is 1.58. The van der Waals surface area contributed by atoms with Crippen molar-refractivity contribution < 1.29 is 1.43 Å². The van der Waals surface area contributed by atoms with Crippen molar-refractivity contribution in [2.45, 2.75) is 0 Å². The van der Waals surface area contributed by atoms with Crippen molar-refractivity contribution >= 4 is 12.2 Å². The van der Waals surface area contributed by atoms with E-state index in [4.69, 9.17) is 0 Å². The second-order valence-corrected chi connectivity index (χ2v) is 2.20. The average molecular weight is 152 g/mol. The molecule has 0 radical (unpaired) electrons. The van der Waals surface area contributed by atoms with Gasteiger partial charge in [0.15, 0.2) is 0 Å². The normalized spacial score (nSPS) is 9.55. The Kier molecular flexibility index (Phi) is 1.81. The molecule has 0 amide bonds. The molecule has 0 saturated carbocycles. The van der Waals surface area contributed by atoms with E-state index in [1.165, 1.54) is 4.57 Å². The number of aromatic amines is 1. The monoisotopic (exact) mass is 152 g/mol. The van der Waals surface area contributed by atoms with Crippen LogP contribution in [0, 0.1) is 0 Å². The Morgan fingerprint density at radius 1 is 1.55 bits per heavy atom. The van der Waals surface area contributed by atoms with E-state index in [1.807, 2.05) is 0 Å². The summed E-state index contributed by atoms with van der Waals surface area (Å²) in [5, 5.41) is 0. The maximum Gasteiger partial charge on any atom is 0.326 e. The van der Waals surface area contributed by atoms with Crippen LogP contribution in [0.4, 0.5) is 0 Å². The first-order valence-corrected chi connectivity index (χ1v) is 3.24. The van der Waals surface area contributed by atoms with Gasteiger partial charge in [0.25, 0.3) is 0 Å². The van der Waals surface area contributed by atoms with Crippen LogP contribution in [-0.4, -0.2) is 9.55 Å². The number of hydrogen-bond donors (Lipinski definition) is 1. The molecule has 0 aliphatic heterocycles. The minimum Gasteiger partial charge on any atom is -0.306 e. The third-order valence-corrected chi connectivity index (χ3v) is 1.58. The molecule has 0 bridgehead atoms. The standard InChI is InChI=1S/C8H10N2O.H2/c1-4-6-7(5-2)10(3)8(11)9-6;/h4-5H,1-2H2,3H3,(H,9,11);1H. The second-order valence-electron chi connectivity index (χ2n) is 2.20. The molecule has 3 nitrogen and oxygen atoms in total. The van der Waals surface area contributed by atoms with E-state index in [-0.39, 0.29) is 7.12 Å². The molecule has 0 aliphatic carbocycles. The Morgan fingerprint density at radius 2 is 2.18 bits per heavy atom. The van der Waals surface area contributed by atoms with Crippen molar-refractivity contribution in [3.05, 3.63) is 35.0 Å². The van der Waals surface area contributed by atoms with Crippen LogP contribution in [0.5, 0.6) is 0 Å². The van der Waals surface area contributed by atoms with Gasteiger partial charge < -0.3 is 4.98 Å². The lowest BCUT2D eigenvalue weighted by Gasteiger charge is -1.92. The predicted molar refractivity (Wildman–Crippen MR) is 48.3 cm³/mol. The van der Waals surface area contributed by atoms with E-state index in [9.17, 15) is 4.79 Å². The largest absolute Gasteiger partial charge is 0.326 e. The molecule has 60 valence electrons. The van der Waals surface area contributed by atoms with Gasteiger partial charge >= 0.3 is 5.69 Å². The van der Waals surface area contributed by atoms with Crippen LogP contribution in [0.1, 0.15) is 12.8 Å². The fourth-order valence-corrected chi connectivity index (χ4v) is 0.956. The summed E-state index contributed by atoms with van der Waals surface area (Å²) in [6.45, 7) is 7.15. The Labute approximate surface area is 66.2 Å². The molecule has 1 rings (SSSR count). The molecule has 1 aromatic heterocycles. The van der Waals surface area contributed by atoms with E-state index >= 15 is 0 Å². The maximum atomic E-state index is 11.0. The molecule has 0 atom stereocenters. The topological polar surface area (TPSA) is 37.8 Å². The van der Waals surface area contributed by atoms with Crippen molar-refractivity contribution in [2.75, 3.05) is 0 Å². The summed E-state index contributed by atoms with van der Waals surface area (Å²) in [4.78, 5) is 13.6. The molecule has 0 saturated heterocycles. The van der Waals surface area contributed by atoms with Crippen molar-refractivity contribution in [3.8, 4) is 0 Å². The summed E-state index contributed by atoms with van der Waals surface area (Å²) in [5.41, 5.74) is 1.34. The van der Waals surface area contributed by atoms with Crippen molar-refractivity contribution in [1.82, 2.24) is 9.55 Å². The molecule has 1 aromatic rings. The fraction of sp³-hybridized carbons (Fsp3) is 0.125. The van der Waals surface area contributed by atoms with Gasteiger partial charge in [0.05, 0.1) is 11.4 Å². The molecule has 0 fully saturated rings. The highest BCUT2D eigenvalue weighted by Gasteiger charge is 2.03. The summed E-state index contributed by atoms with van der Waals surface area (Å²) >= 11 is 0. The first kappa shape index (κ1) is 7.60. The smallest absolute Gasteiger partial charge is 0.306 e. The number of nitrogens with zero attached hydrogens (tertiary/aromatic N) is 1. The minimum atomic E-state index is -0.144. The van der Waals surface area contributed by atoms with Crippen molar-refractivity contribution in [3.63, 3.8) is 0 Å². The highest BCUT2D eigenvalue weighted by atomic mass is 16.1. The van der Waals surface area contributed by atoms with Crippen molar-refractivity contribution in [2.24, 2.45) is 7.05 Å². The van der Waals surface area contributed by atoms with Gasteiger partial charge in [-0.2, -0.15) is 0 Å². The van der Waals surface area contributed by atoms with Crippen LogP contribution in [0.15, 0.2) is 18.0 Å². The molecule has 1 heterocycles. The quantitative estimate of drug-likeness (QED) is 0.680. The van der Waals surface area contributed by atoms with Gasteiger partial charge in [-0.1, -0.05) is 13.2 Å². The van der Waals surface area contributed by atoms with Gasteiger partial charge in [-0.3, -0.25) is 4.57 Å². The van der Waals surface area contributed by atoms with Crippen LogP contribution in [-0.2, 0) is 7.05 Å². The zero-order chi connectivity index (χ0) is 8.43. The Bertz CT molecular complexity index is 348. The van der Waals surface area contributed by atoms with E-state index in [0.29, 0.717) is 5.69 Å². The van der Waals surface area contributed by atoms with Gasteiger partial charge in [0, 0.05) is 8.47 Å². The Morgan fingerprint density at radius 3 is 2.55 bits per heavy atom. The number of hydrogen-bond acceptors (Lipinski definition) is 1. The first-order chi connectivity index (χ1) is 5.20. The van der Waals surface area contributed by atoms with Crippen molar-refractivity contribution in [1.29, 1.82) is 0 Å². The molecule has 1 N–H and O–H groups in total. The Balaban J connectivity index is 0.00000121. The van der Waals surface area contributed by atoms with Crippen LogP contribution in [0.2, 0.25) is 0 Å². The lowest BCUT2D eigenvalue weighted by molar-refractivity contribution is 0.853. The minimum absolute atomic E-state index is 0. The molecule has 0 spiro atoms. The summed E-state index contributed by atoms with van der Waals surface area (Å²) in [6.07, 6.45) is 3.22. The molecular formula is C8H12N2O. The molecule has 3 heteroatoms. The zero-order valence-corrected chi connectivity index (χ0v) is 6.42. The predicted octanol–water partition coefficient (Wildman–Crippen LogP) is 1.25. The second kappa shape index (κ2) is 2.62. The molecule has 11 heavy (non-hydrogen) atoms. The summed E-state index contributed by atoms with van der Waals surface area (Å²) < 4.78 is 1.49. The van der Waals surface area contributed by atoms with Crippen LogP contribution in [0.25, 0.3) is 12.2 Å². The third kappa shape index (κ3) is 1.05. The number of rotatable bonds is 2. The van der Waals surface area contributed by atoms with E-state index in [0.717, 1.165) is 5.69 Å². The van der Waals surface area contributed by atoms with Crippen LogP contribution < -0.4 is 5.69 Å². The van der Waals surface area contributed by atoms with Gasteiger partial charge in [-0.15, -0.1) is 0 Å². The summed E-state index contributed by atoms with van der Waals surface area (Å²) in [6, 6.07) is 0. The first-order valence-electron chi connectivity index (χ1n) is 3.24. The number of H-pyrrole nitrogens is 1.